The number of piperidine rings is 1. The Hall–Kier alpha value is -2.14. The Labute approximate surface area is 147 Å². The summed E-state index contributed by atoms with van der Waals surface area (Å²) in [4.78, 5) is 27.5. The van der Waals surface area contributed by atoms with E-state index < -0.39 is 0 Å². The lowest BCUT2D eigenvalue weighted by Gasteiger charge is -2.50. The number of rotatable bonds is 2. The summed E-state index contributed by atoms with van der Waals surface area (Å²) in [6.07, 6.45) is 1.84. The maximum Gasteiger partial charge on any atom is 0.335 e. The fourth-order valence-corrected chi connectivity index (χ4v) is 5.86. The zero-order valence-electron chi connectivity index (χ0n) is 14.5. The third-order valence-electron chi connectivity index (χ3n) is 6.88. The molecule has 2 bridgehead atoms. The number of hydrogen-bond acceptors (Lipinski definition) is 5. The number of anilines is 1. The summed E-state index contributed by atoms with van der Waals surface area (Å²) in [5.74, 6) is -0.293. The van der Waals surface area contributed by atoms with Crippen LogP contribution in [0.15, 0.2) is 35.5 Å². The molecule has 1 aromatic carbocycles. The van der Waals surface area contributed by atoms with Crippen LogP contribution in [0.3, 0.4) is 0 Å². The monoisotopic (exact) mass is 338 g/mol. The van der Waals surface area contributed by atoms with E-state index in [1.807, 2.05) is 6.07 Å². The minimum atomic E-state index is -0.287. The van der Waals surface area contributed by atoms with Gasteiger partial charge in [-0.15, -0.1) is 0 Å². The van der Waals surface area contributed by atoms with Crippen molar-refractivity contribution < 1.29 is 14.3 Å². The number of carbonyl (C=O) groups excluding carboxylic acids is 2. The van der Waals surface area contributed by atoms with E-state index in [1.165, 1.54) is 12.7 Å². The topological polar surface area (TPSA) is 58.6 Å². The lowest BCUT2D eigenvalue weighted by atomic mass is 9.60. The number of carbonyl (C=O) groups is 2. The van der Waals surface area contributed by atoms with Gasteiger partial charge in [0.1, 0.15) is 5.78 Å². The van der Waals surface area contributed by atoms with Gasteiger partial charge in [-0.25, -0.2) is 4.79 Å². The van der Waals surface area contributed by atoms with E-state index in [2.05, 4.69) is 28.4 Å². The number of methoxy groups -OCH3 is 1. The summed E-state index contributed by atoms with van der Waals surface area (Å²) in [6.45, 7) is 3.37. The molecule has 5 heteroatoms. The molecule has 1 N–H and O–H groups in total. The Balaban J connectivity index is 1.79. The van der Waals surface area contributed by atoms with Crippen molar-refractivity contribution in [2.75, 3.05) is 25.5 Å². The Morgan fingerprint density at radius 3 is 2.88 bits per heavy atom. The fraction of sp³-hybridized carbons (Fsp3) is 0.500. The molecule has 0 aromatic heterocycles. The van der Waals surface area contributed by atoms with Crippen molar-refractivity contribution in [3.05, 3.63) is 41.1 Å². The second-order valence-corrected chi connectivity index (χ2v) is 7.74. The highest BCUT2D eigenvalue weighted by atomic mass is 16.5. The van der Waals surface area contributed by atoms with E-state index in [1.54, 1.807) is 6.92 Å². The Morgan fingerprint density at radius 2 is 2.12 bits per heavy atom. The van der Waals surface area contributed by atoms with Crippen LogP contribution in [0.25, 0.3) is 0 Å². The van der Waals surface area contributed by atoms with Crippen LogP contribution in [0.4, 0.5) is 5.69 Å². The Morgan fingerprint density at radius 1 is 1.32 bits per heavy atom. The van der Waals surface area contributed by atoms with Crippen LogP contribution in [0.5, 0.6) is 0 Å². The summed E-state index contributed by atoms with van der Waals surface area (Å²) < 4.78 is 5.16. The van der Waals surface area contributed by atoms with E-state index in [4.69, 9.17) is 4.74 Å². The van der Waals surface area contributed by atoms with Crippen molar-refractivity contribution in [3.8, 4) is 0 Å². The number of fused-ring (bicyclic) bond motifs is 2. The Kier molecular flexibility index (Phi) is 2.99. The zero-order chi connectivity index (χ0) is 17.3. The van der Waals surface area contributed by atoms with Crippen LogP contribution >= 0.6 is 0 Å². The molecule has 4 aliphatic rings. The molecule has 5 rings (SSSR count). The van der Waals surface area contributed by atoms with Crippen molar-refractivity contribution in [3.63, 3.8) is 0 Å². The number of nitrogens with one attached hydrogen (secondary N) is 1. The Bertz CT molecular complexity index is 830. The van der Waals surface area contributed by atoms with Gasteiger partial charge in [-0.2, -0.15) is 0 Å². The summed E-state index contributed by atoms with van der Waals surface area (Å²) in [5, 5.41) is 3.55. The minimum Gasteiger partial charge on any atom is -0.466 e. The van der Waals surface area contributed by atoms with Gasteiger partial charge in [0.05, 0.1) is 18.1 Å². The number of para-hydroxylation sites is 1. The molecule has 1 spiro atoms. The molecule has 0 radical (unpaired) electrons. The second kappa shape index (κ2) is 4.94. The molecule has 3 aliphatic heterocycles. The molecule has 4 atom stereocenters. The molecule has 2 fully saturated rings. The first kappa shape index (κ1) is 15.1. The molecule has 1 unspecified atom stereocenters. The lowest BCUT2D eigenvalue weighted by molar-refractivity contribution is -0.138. The van der Waals surface area contributed by atoms with E-state index >= 15 is 0 Å². The summed E-state index contributed by atoms with van der Waals surface area (Å²) in [6, 6.07) is 8.72. The van der Waals surface area contributed by atoms with E-state index in [0.717, 1.165) is 37.3 Å². The van der Waals surface area contributed by atoms with Gasteiger partial charge in [-0.3, -0.25) is 9.69 Å². The molecule has 1 aromatic rings. The van der Waals surface area contributed by atoms with Crippen molar-refractivity contribution in [2.24, 2.45) is 11.8 Å². The molecule has 2 saturated heterocycles. The largest absolute Gasteiger partial charge is 0.466 e. The van der Waals surface area contributed by atoms with Crippen LogP contribution in [0.1, 0.15) is 25.3 Å². The van der Waals surface area contributed by atoms with Gasteiger partial charge in [-0.1, -0.05) is 18.2 Å². The normalized spacial score (nSPS) is 35.0. The molecule has 1 aliphatic carbocycles. The van der Waals surface area contributed by atoms with Crippen molar-refractivity contribution in [2.45, 2.75) is 31.2 Å². The van der Waals surface area contributed by atoms with E-state index in [9.17, 15) is 9.59 Å². The standard InChI is InChI=1S/C20H22N2O3/c1-11(23)13-10-22-8-7-20-14-5-3-4-6-15(14)21-18(20)17(19(24)25-2)12(13)9-16(20)22/h3-6,12-13,16,21H,7-10H2,1-2H3/t12-,13-,16-,20?/m0/s1. The number of ether oxygens (including phenoxy) is 1. The number of hydrogen-bond donors (Lipinski definition) is 1. The quantitative estimate of drug-likeness (QED) is 0.837. The van der Waals surface area contributed by atoms with Gasteiger partial charge >= 0.3 is 5.97 Å². The van der Waals surface area contributed by atoms with Gasteiger partial charge in [0.15, 0.2) is 0 Å². The highest BCUT2D eigenvalue weighted by molar-refractivity contribution is 5.95. The predicted molar refractivity (Wildman–Crippen MR) is 93.0 cm³/mol. The SMILES string of the molecule is COC(=O)C1=C2Nc3ccccc3C23CCN2C[C@@H](C(C)=O)[C@@H]1C[C@H]23. The summed E-state index contributed by atoms with van der Waals surface area (Å²) in [5.41, 5.74) is 3.93. The van der Waals surface area contributed by atoms with Crippen LogP contribution in [0.2, 0.25) is 0 Å². The molecule has 0 saturated carbocycles. The third kappa shape index (κ3) is 1.72. The second-order valence-electron chi connectivity index (χ2n) is 7.74. The average molecular weight is 338 g/mol. The van der Waals surface area contributed by atoms with Gasteiger partial charge in [0.25, 0.3) is 0 Å². The van der Waals surface area contributed by atoms with Crippen molar-refractivity contribution >= 4 is 17.4 Å². The van der Waals surface area contributed by atoms with Crippen molar-refractivity contribution in [1.82, 2.24) is 4.90 Å². The van der Waals surface area contributed by atoms with Gasteiger partial charge in [0, 0.05) is 35.8 Å². The fourth-order valence-electron chi connectivity index (χ4n) is 5.86. The molecule has 25 heavy (non-hydrogen) atoms. The minimum absolute atomic E-state index is 0.0470. The molecule has 3 heterocycles. The number of nitrogens with zero attached hydrogens (tertiary/aromatic N) is 1. The van der Waals surface area contributed by atoms with Crippen LogP contribution < -0.4 is 5.32 Å². The molecule has 5 nitrogen and oxygen atoms in total. The molecular weight excluding hydrogens is 316 g/mol. The van der Waals surface area contributed by atoms with Gasteiger partial charge < -0.3 is 10.1 Å². The average Bonchev–Trinajstić information content (AvgIpc) is 3.17. The maximum atomic E-state index is 12.8. The predicted octanol–water partition coefficient (Wildman–Crippen LogP) is 2.09. The molecule has 0 amide bonds. The summed E-state index contributed by atoms with van der Waals surface area (Å²) in [7, 11) is 1.43. The molecular formula is C20H22N2O3. The first-order chi connectivity index (χ1) is 12.1. The van der Waals surface area contributed by atoms with Gasteiger partial charge in [-0.05, 0) is 37.9 Å². The first-order valence-corrected chi connectivity index (χ1v) is 9.02. The van der Waals surface area contributed by atoms with Crippen LogP contribution in [-0.2, 0) is 19.7 Å². The smallest absolute Gasteiger partial charge is 0.335 e. The lowest BCUT2D eigenvalue weighted by Crippen LogP contribution is -2.56. The summed E-state index contributed by atoms with van der Waals surface area (Å²) >= 11 is 0. The number of esters is 1. The van der Waals surface area contributed by atoms with E-state index in [0.29, 0.717) is 11.6 Å². The van der Waals surface area contributed by atoms with E-state index in [-0.39, 0.29) is 29.0 Å². The zero-order valence-corrected chi connectivity index (χ0v) is 14.5. The first-order valence-electron chi connectivity index (χ1n) is 9.02. The number of Topliss-reactive ketones (excluding diaryl/α,β-unsaturated/α-hetero) is 1. The van der Waals surface area contributed by atoms with Crippen molar-refractivity contribution in [1.29, 1.82) is 0 Å². The van der Waals surface area contributed by atoms with Crippen LogP contribution in [0, 0.1) is 11.8 Å². The molecule has 130 valence electrons. The maximum absolute atomic E-state index is 12.8. The van der Waals surface area contributed by atoms with Crippen LogP contribution in [-0.4, -0.2) is 42.9 Å². The number of benzene rings is 1. The third-order valence-corrected chi connectivity index (χ3v) is 6.88. The highest BCUT2D eigenvalue weighted by Crippen LogP contribution is 2.61. The highest BCUT2D eigenvalue weighted by Gasteiger charge is 2.63. The van der Waals surface area contributed by atoms with Gasteiger partial charge in [0.2, 0.25) is 0 Å². The number of ketones is 1.